The quantitative estimate of drug-likeness (QED) is 0.567. The van der Waals surface area contributed by atoms with E-state index in [1.807, 2.05) is 25.9 Å². The highest BCUT2D eigenvalue weighted by molar-refractivity contribution is 6.15. The molecule has 0 saturated carbocycles. The molecule has 0 rings (SSSR count). The Labute approximate surface area is 85.0 Å². The lowest BCUT2D eigenvalue weighted by Crippen LogP contribution is -2.23. The van der Waals surface area contributed by atoms with Crippen LogP contribution in [-0.2, 0) is 4.79 Å². The number of likely N-dealkylation sites (N-methyl/N-ethyl adjacent to an activating group) is 1. The number of hydrogen-bond acceptors (Lipinski definition) is 2. The van der Waals surface area contributed by atoms with E-state index in [2.05, 4.69) is 11.6 Å². The van der Waals surface area contributed by atoms with Crippen molar-refractivity contribution in [2.75, 3.05) is 20.5 Å². The summed E-state index contributed by atoms with van der Waals surface area (Å²) in [5, 5.41) is 8.53. The number of rotatable bonds is 3. The summed E-state index contributed by atoms with van der Waals surface area (Å²) in [5.74, 6) is -0.848. The van der Waals surface area contributed by atoms with Crippen molar-refractivity contribution in [3.63, 3.8) is 0 Å². The van der Waals surface area contributed by atoms with E-state index >= 15 is 0 Å². The van der Waals surface area contributed by atoms with Crippen LogP contribution in [0.4, 0.5) is 0 Å². The van der Waals surface area contributed by atoms with Gasteiger partial charge in [0.15, 0.2) is 0 Å². The highest BCUT2D eigenvalue weighted by Crippen LogP contribution is 1.99. The van der Waals surface area contributed by atoms with Gasteiger partial charge in [0.1, 0.15) is 0 Å². The molecule has 0 aromatic heterocycles. The van der Waals surface area contributed by atoms with Gasteiger partial charge in [0.2, 0.25) is 0 Å². The third-order valence-corrected chi connectivity index (χ3v) is 1.64. The second kappa shape index (κ2) is 8.08. The Morgan fingerprint density at radius 2 is 1.85 bits per heavy atom. The Kier molecular flexibility index (Phi) is 9.29. The molecule has 0 aromatic carbocycles. The van der Waals surface area contributed by atoms with Gasteiger partial charge in [-0.05, 0) is 27.9 Å². The lowest BCUT2D eigenvalue weighted by Gasteiger charge is -2.15. The van der Waals surface area contributed by atoms with Crippen molar-refractivity contribution in [3.05, 3.63) is 11.6 Å². The van der Waals surface area contributed by atoms with E-state index in [9.17, 15) is 4.79 Å². The molecular formula is C9H18ClNO2. The first-order chi connectivity index (χ1) is 5.95. The van der Waals surface area contributed by atoms with Gasteiger partial charge in [-0.2, -0.15) is 0 Å². The summed E-state index contributed by atoms with van der Waals surface area (Å²) in [7, 11) is 3.83. The van der Waals surface area contributed by atoms with Gasteiger partial charge in [0.25, 0.3) is 0 Å². The summed E-state index contributed by atoms with van der Waals surface area (Å²) < 4.78 is 0. The van der Waals surface area contributed by atoms with E-state index < -0.39 is 5.97 Å². The molecule has 0 bridgehead atoms. The number of hydrogen-bond donors (Lipinski definition) is 1. The Morgan fingerprint density at radius 3 is 2.08 bits per heavy atom. The first kappa shape index (κ1) is 15.0. The van der Waals surface area contributed by atoms with Crippen LogP contribution in [0.15, 0.2) is 11.6 Å². The molecule has 0 aliphatic heterocycles. The highest BCUT2D eigenvalue weighted by Gasteiger charge is 2.04. The maximum atomic E-state index is 10.4. The van der Waals surface area contributed by atoms with E-state index in [0.29, 0.717) is 5.57 Å². The lowest BCUT2D eigenvalue weighted by atomic mass is 10.2. The number of carbonyl (C=O) groups is 1. The number of halogens is 1. The summed E-state index contributed by atoms with van der Waals surface area (Å²) in [5.41, 5.74) is 0.395. The van der Waals surface area contributed by atoms with E-state index in [-0.39, 0.29) is 6.04 Å². The van der Waals surface area contributed by atoms with Crippen LogP contribution in [0.2, 0.25) is 0 Å². The van der Waals surface area contributed by atoms with Crippen molar-refractivity contribution < 1.29 is 9.90 Å². The van der Waals surface area contributed by atoms with Crippen molar-refractivity contribution in [2.45, 2.75) is 19.9 Å². The second-order valence-electron chi connectivity index (χ2n) is 2.86. The Morgan fingerprint density at radius 1 is 1.46 bits per heavy atom. The van der Waals surface area contributed by atoms with Gasteiger partial charge >= 0.3 is 5.97 Å². The summed E-state index contributed by atoms with van der Waals surface area (Å²) in [4.78, 5) is 12.3. The monoisotopic (exact) mass is 207 g/mol. The van der Waals surface area contributed by atoms with Crippen molar-refractivity contribution in [3.8, 4) is 0 Å². The van der Waals surface area contributed by atoms with Gasteiger partial charge in [-0.1, -0.05) is 6.08 Å². The van der Waals surface area contributed by atoms with Crippen LogP contribution < -0.4 is 0 Å². The summed E-state index contributed by atoms with van der Waals surface area (Å²) in [6, 6.07) is 0.172. The highest BCUT2D eigenvalue weighted by atomic mass is 35.5. The molecule has 0 aliphatic rings. The van der Waals surface area contributed by atoms with Crippen molar-refractivity contribution in [1.29, 1.82) is 0 Å². The Hall–Kier alpha value is -0.540. The number of alkyl halides is 1. The van der Waals surface area contributed by atoms with Gasteiger partial charge < -0.3 is 10.0 Å². The van der Waals surface area contributed by atoms with Crippen LogP contribution in [0.3, 0.4) is 0 Å². The molecule has 0 aromatic rings. The van der Waals surface area contributed by atoms with E-state index in [1.54, 1.807) is 13.0 Å². The fraction of sp³-hybridized carbons (Fsp3) is 0.667. The molecule has 78 valence electrons. The normalized spacial score (nSPS) is 13.3. The van der Waals surface area contributed by atoms with Gasteiger partial charge in [-0.15, -0.1) is 11.6 Å². The molecule has 0 aliphatic carbocycles. The van der Waals surface area contributed by atoms with Crippen molar-refractivity contribution in [1.82, 2.24) is 4.90 Å². The second-order valence-corrected chi connectivity index (χ2v) is 2.86. The van der Waals surface area contributed by atoms with Gasteiger partial charge in [0, 0.05) is 18.0 Å². The average molecular weight is 208 g/mol. The minimum Gasteiger partial charge on any atom is -0.478 e. The first-order valence-electron chi connectivity index (χ1n) is 3.91. The lowest BCUT2D eigenvalue weighted by molar-refractivity contribution is -0.132. The zero-order chi connectivity index (χ0) is 11.0. The molecule has 13 heavy (non-hydrogen) atoms. The van der Waals surface area contributed by atoms with Crippen LogP contribution in [0.5, 0.6) is 0 Å². The first-order valence-corrected chi connectivity index (χ1v) is 4.66. The molecule has 0 amide bonds. The Bertz CT molecular complexity index is 178. The minimum atomic E-state index is -0.848. The number of aliphatic carboxylic acids is 1. The van der Waals surface area contributed by atoms with Crippen LogP contribution >= 0.6 is 11.6 Å². The fourth-order valence-electron chi connectivity index (χ4n) is 0.582. The molecule has 3 nitrogen and oxygen atoms in total. The molecule has 0 heterocycles. The summed E-state index contributed by atoms with van der Waals surface area (Å²) in [6.07, 6.45) is 3.20. The van der Waals surface area contributed by atoms with Gasteiger partial charge in [-0.25, -0.2) is 4.79 Å². The summed E-state index contributed by atoms with van der Waals surface area (Å²) >= 11 is 4.64. The standard InChI is InChI=1S/C8H15NO2.CH3Cl/c1-6(8(10)11)5-7(2)9(3)4;1-2/h5,7H,1-4H3,(H,10,11);1H3. The van der Waals surface area contributed by atoms with Crippen molar-refractivity contribution in [2.24, 2.45) is 0 Å². The van der Waals surface area contributed by atoms with Crippen molar-refractivity contribution >= 4 is 17.6 Å². The molecule has 1 atom stereocenters. The maximum absolute atomic E-state index is 10.4. The van der Waals surface area contributed by atoms with Crippen LogP contribution in [-0.4, -0.2) is 42.5 Å². The molecule has 0 fully saturated rings. The molecule has 0 radical (unpaired) electrons. The topological polar surface area (TPSA) is 40.5 Å². The fourth-order valence-corrected chi connectivity index (χ4v) is 0.582. The molecule has 1 N–H and O–H groups in total. The van der Waals surface area contributed by atoms with Gasteiger partial charge in [-0.3, -0.25) is 0 Å². The Balaban J connectivity index is 0. The van der Waals surface area contributed by atoms with E-state index in [4.69, 9.17) is 5.11 Å². The van der Waals surface area contributed by atoms with E-state index in [0.717, 1.165) is 0 Å². The third-order valence-electron chi connectivity index (χ3n) is 1.64. The van der Waals surface area contributed by atoms with Crippen LogP contribution in [0, 0.1) is 0 Å². The largest absolute Gasteiger partial charge is 0.478 e. The zero-order valence-corrected chi connectivity index (χ0v) is 9.59. The smallest absolute Gasteiger partial charge is 0.331 e. The van der Waals surface area contributed by atoms with E-state index in [1.165, 1.54) is 6.38 Å². The number of carboxylic acids is 1. The SMILES string of the molecule is CC(=CC(C)N(C)C)C(=O)O.CCl. The van der Waals surface area contributed by atoms with Crippen LogP contribution in [0.25, 0.3) is 0 Å². The van der Waals surface area contributed by atoms with Crippen LogP contribution in [0.1, 0.15) is 13.8 Å². The minimum absolute atomic E-state index is 0.172. The summed E-state index contributed by atoms with van der Waals surface area (Å²) in [6.45, 7) is 3.55. The molecule has 1 unspecified atom stereocenters. The number of nitrogens with zero attached hydrogens (tertiary/aromatic N) is 1. The van der Waals surface area contributed by atoms with Gasteiger partial charge in [0.05, 0.1) is 0 Å². The maximum Gasteiger partial charge on any atom is 0.331 e. The third kappa shape index (κ3) is 7.81. The molecule has 0 spiro atoms. The predicted octanol–water partition coefficient (Wildman–Crippen LogP) is 1.82. The zero-order valence-electron chi connectivity index (χ0n) is 8.84. The molecule has 4 heteroatoms. The molecular weight excluding hydrogens is 190 g/mol. The molecule has 0 saturated heterocycles. The number of carboxylic acid groups (broad SMARTS) is 1. The predicted molar refractivity (Wildman–Crippen MR) is 56.3 cm³/mol. The average Bonchev–Trinajstić information content (AvgIpc) is 2.07.